The van der Waals surface area contributed by atoms with Gasteiger partial charge in [0.1, 0.15) is 6.10 Å². The molecule has 4 rings (SSSR count). The van der Waals surface area contributed by atoms with Crippen LogP contribution in [0.25, 0.3) is 0 Å². The minimum atomic E-state index is -1.55. The smallest absolute Gasteiger partial charge is 0.199 e. The van der Waals surface area contributed by atoms with E-state index in [1.54, 1.807) is 66.7 Å². The van der Waals surface area contributed by atoms with Crippen molar-refractivity contribution in [3.63, 3.8) is 0 Å². The van der Waals surface area contributed by atoms with Gasteiger partial charge in [-0.2, -0.15) is 0 Å². The molecule has 4 heteroatoms. The highest BCUT2D eigenvalue weighted by Gasteiger charge is 2.36. The van der Waals surface area contributed by atoms with E-state index >= 15 is 0 Å². The first-order chi connectivity index (χ1) is 17.4. The summed E-state index contributed by atoms with van der Waals surface area (Å²) in [5, 5.41) is 20.8. The van der Waals surface area contributed by atoms with Gasteiger partial charge in [0.25, 0.3) is 0 Å². The molecule has 0 radical (unpaired) electrons. The molecular formula is C32H30O4. The monoisotopic (exact) mass is 478 g/mol. The lowest BCUT2D eigenvalue weighted by Crippen LogP contribution is -2.35. The average molecular weight is 479 g/mol. The molecule has 0 aliphatic carbocycles. The summed E-state index contributed by atoms with van der Waals surface area (Å²) in [6, 6.07) is 34.1. The predicted molar refractivity (Wildman–Crippen MR) is 143 cm³/mol. The third-order valence-corrected chi connectivity index (χ3v) is 5.88. The molecular weight excluding hydrogens is 448 g/mol. The van der Waals surface area contributed by atoms with Crippen molar-refractivity contribution in [1.82, 2.24) is 0 Å². The Balaban J connectivity index is 0.000000202. The van der Waals surface area contributed by atoms with Crippen LogP contribution in [0.5, 0.6) is 0 Å². The van der Waals surface area contributed by atoms with Gasteiger partial charge in [-0.15, -0.1) is 6.58 Å². The van der Waals surface area contributed by atoms with E-state index in [2.05, 4.69) is 6.58 Å². The fraction of sp³-hybridized carbons (Fsp3) is 0.125. The number of carbonyl (C=O) groups excluding carboxylic acids is 2. The molecule has 0 aliphatic heterocycles. The summed E-state index contributed by atoms with van der Waals surface area (Å²) in [5.41, 5.74) is 1.61. The quantitative estimate of drug-likeness (QED) is 0.232. The number of hydrogen-bond donors (Lipinski definition) is 2. The molecule has 0 spiro atoms. The van der Waals surface area contributed by atoms with Gasteiger partial charge in [0.15, 0.2) is 17.2 Å². The van der Waals surface area contributed by atoms with Crippen molar-refractivity contribution in [3.05, 3.63) is 156 Å². The molecule has 0 amide bonds. The Morgan fingerprint density at radius 1 is 0.806 bits per heavy atom. The standard InChI is InChI=1S/C17H16O2.C15H14O2/c1-2-13-17(19,15-11-7-4-8-12-15)16(18)14-9-5-3-6-10-14;1-11-7-5-6-10-13(11)15(17)14(16)12-8-3-2-4-9-12/h2-12,19H,1,13H2;2-10,14,16H,1H3. The highest BCUT2D eigenvalue weighted by molar-refractivity contribution is 6.03. The van der Waals surface area contributed by atoms with Gasteiger partial charge in [-0.3, -0.25) is 9.59 Å². The molecule has 0 aliphatic rings. The highest BCUT2D eigenvalue weighted by Crippen LogP contribution is 2.29. The number of aryl methyl sites for hydroxylation is 1. The first-order valence-electron chi connectivity index (χ1n) is 11.7. The lowest BCUT2D eigenvalue weighted by Gasteiger charge is -2.26. The third-order valence-electron chi connectivity index (χ3n) is 5.88. The Labute approximate surface area is 212 Å². The summed E-state index contributed by atoms with van der Waals surface area (Å²) >= 11 is 0. The number of Topliss-reactive ketones (excluding diaryl/α,β-unsaturated/α-hetero) is 2. The molecule has 0 fully saturated rings. The molecule has 0 heterocycles. The molecule has 0 saturated heterocycles. The lowest BCUT2D eigenvalue weighted by atomic mass is 9.83. The van der Waals surface area contributed by atoms with Crippen LogP contribution in [0.1, 0.15) is 49.9 Å². The highest BCUT2D eigenvalue weighted by atomic mass is 16.3. The average Bonchev–Trinajstić information content (AvgIpc) is 2.94. The second kappa shape index (κ2) is 12.5. The lowest BCUT2D eigenvalue weighted by molar-refractivity contribution is 0.0313. The van der Waals surface area contributed by atoms with Gasteiger partial charge in [-0.25, -0.2) is 0 Å². The summed E-state index contributed by atoms with van der Waals surface area (Å²) in [7, 11) is 0. The molecule has 4 aromatic rings. The van der Waals surface area contributed by atoms with Crippen LogP contribution in [0.4, 0.5) is 0 Å². The Kier molecular flexibility index (Phi) is 9.23. The van der Waals surface area contributed by atoms with Gasteiger partial charge in [0, 0.05) is 17.5 Å². The zero-order valence-corrected chi connectivity index (χ0v) is 20.2. The molecule has 182 valence electrons. The fourth-order valence-electron chi connectivity index (χ4n) is 3.88. The molecule has 4 aromatic carbocycles. The SMILES string of the molecule is C=CCC(O)(C(=O)c1ccccc1)c1ccccc1.Cc1ccccc1C(=O)C(O)c1ccccc1. The third kappa shape index (κ3) is 6.30. The number of aliphatic hydroxyl groups excluding tert-OH is 1. The summed E-state index contributed by atoms with van der Waals surface area (Å²) in [6.45, 7) is 5.50. The molecule has 36 heavy (non-hydrogen) atoms. The Morgan fingerprint density at radius 3 is 1.86 bits per heavy atom. The molecule has 2 N–H and O–H groups in total. The second-order valence-corrected chi connectivity index (χ2v) is 8.41. The van der Waals surface area contributed by atoms with E-state index in [4.69, 9.17) is 0 Å². The van der Waals surface area contributed by atoms with E-state index in [1.165, 1.54) is 0 Å². The summed E-state index contributed by atoms with van der Waals surface area (Å²) in [6.07, 6.45) is 0.663. The van der Waals surface area contributed by atoms with Crippen molar-refractivity contribution < 1.29 is 19.8 Å². The molecule has 2 atom stereocenters. The normalized spacial score (nSPS) is 12.9. The van der Waals surface area contributed by atoms with Crippen molar-refractivity contribution in [2.45, 2.75) is 25.0 Å². The number of rotatable bonds is 8. The number of carbonyl (C=O) groups is 2. The first kappa shape index (κ1) is 26.5. The van der Waals surface area contributed by atoms with Gasteiger partial charge in [-0.1, -0.05) is 121 Å². The number of aliphatic hydroxyl groups is 2. The van der Waals surface area contributed by atoms with Crippen LogP contribution < -0.4 is 0 Å². The van der Waals surface area contributed by atoms with Crippen molar-refractivity contribution in [2.75, 3.05) is 0 Å². The van der Waals surface area contributed by atoms with Crippen molar-refractivity contribution >= 4 is 11.6 Å². The Morgan fingerprint density at radius 2 is 1.31 bits per heavy atom. The predicted octanol–water partition coefficient (Wildman–Crippen LogP) is 6.24. The van der Waals surface area contributed by atoms with E-state index in [1.807, 2.05) is 61.5 Å². The Hall–Kier alpha value is -4.12. The summed E-state index contributed by atoms with van der Waals surface area (Å²) in [4.78, 5) is 24.7. The van der Waals surface area contributed by atoms with Gasteiger partial charge in [0.2, 0.25) is 0 Å². The molecule has 0 bridgehead atoms. The van der Waals surface area contributed by atoms with Gasteiger partial charge >= 0.3 is 0 Å². The van der Waals surface area contributed by atoms with Gasteiger partial charge in [0.05, 0.1) is 0 Å². The molecule has 0 aromatic heterocycles. The van der Waals surface area contributed by atoms with Gasteiger partial charge in [-0.05, 0) is 23.6 Å². The molecule has 4 nitrogen and oxygen atoms in total. The van der Waals surface area contributed by atoms with Crippen molar-refractivity contribution in [3.8, 4) is 0 Å². The largest absolute Gasteiger partial charge is 0.380 e. The minimum Gasteiger partial charge on any atom is -0.380 e. The zero-order valence-electron chi connectivity index (χ0n) is 20.2. The van der Waals surface area contributed by atoms with Crippen LogP contribution in [0.2, 0.25) is 0 Å². The molecule has 0 saturated carbocycles. The van der Waals surface area contributed by atoms with Crippen LogP contribution in [0.3, 0.4) is 0 Å². The van der Waals surface area contributed by atoms with Crippen LogP contribution in [0, 0.1) is 6.92 Å². The number of benzene rings is 4. The van der Waals surface area contributed by atoms with E-state index in [-0.39, 0.29) is 18.0 Å². The van der Waals surface area contributed by atoms with E-state index in [0.29, 0.717) is 22.3 Å². The maximum Gasteiger partial charge on any atom is 0.199 e. The molecule has 2 unspecified atom stereocenters. The van der Waals surface area contributed by atoms with Crippen LogP contribution in [-0.4, -0.2) is 21.8 Å². The number of hydrogen-bond acceptors (Lipinski definition) is 4. The zero-order chi connectivity index (χ0) is 26.0. The second-order valence-electron chi connectivity index (χ2n) is 8.41. The van der Waals surface area contributed by atoms with E-state index in [9.17, 15) is 19.8 Å². The maximum absolute atomic E-state index is 12.6. The topological polar surface area (TPSA) is 74.6 Å². The van der Waals surface area contributed by atoms with Crippen LogP contribution in [0.15, 0.2) is 128 Å². The first-order valence-corrected chi connectivity index (χ1v) is 11.7. The minimum absolute atomic E-state index is 0.185. The van der Waals surface area contributed by atoms with Crippen molar-refractivity contribution in [2.24, 2.45) is 0 Å². The summed E-state index contributed by atoms with van der Waals surface area (Å²) < 4.78 is 0. The van der Waals surface area contributed by atoms with Crippen molar-refractivity contribution in [1.29, 1.82) is 0 Å². The fourth-order valence-corrected chi connectivity index (χ4v) is 3.88. The van der Waals surface area contributed by atoms with Gasteiger partial charge < -0.3 is 10.2 Å². The Bertz CT molecular complexity index is 1280. The van der Waals surface area contributed by atoms with E-state index < -0.39 is 11.7 Å². The van der Waals surface area contributed by atoms with Crippen LogP contribution >= 0.6 is 0 Å². The summed E-state index contributed by atoms with van der Waals surface area (Å²) in [5.74, 6) is -0.562. The number of ketones is 2. The van der Waals surface area contributed by atoms with E-state index in [0.717, 1.165) is 5.56 Å². The maximum atomic E-state index is 12.6. The van der Waals surface area contributed by atoms with Crippen LogP contribution in [-0.2, 0) is 5.60 Å².